The van der Waals surface area contributed by atoms with Crippen molar-refractivity contribution in [2.75, 3.05) is 14.2 Å². The number of ether oxygens (including phenoxy) is 2. The van der Waals surface area contributed by atoms with Gasteiger partial charge in [-0.1, -0.05) is 27.7 Å². The van der Waals surface area contributed by atoms with Gasteiger partial charge in [-0.15, -0.1) is 0 Å². The van der Waals surface area contributed by atoms with Gasteiger partial charge in [0.15, 0.2) is 17.1 Å². The number of furan rings is 1. The third-order valence-electron chi connectivity index (χ3n) is 5.57. The van der Waals surface area contributed by atoms with Gasteiger partial charge in [0, 0.05) is 16.5 Å². The van der Waals surface area contributed by atoms with E-state index in [0.29, 0.717) is 34.3 Å². The Bertz CT molecular complexity index is 1020. The molecule has 0 amide bonds. The summed E-state index contributed by atoms with van der Waals surface area (Å²) in [6, 6.07) is 11.1. The highest BCUT2D eigenvalue weighted by molar-refractivity contribution is 6.33. The second kappa shape index (κ2) is 8.33. The number of carbonyl (C=O) groups excluding carboxylic acids is 1. The van der Waals surface area contributed by atoms with E-state index in [1.54, 1.807) is 26.4 Å². The molecule has 0 saturated heterocycles. The monoisotopic (exact) mass is 412 g/mol. The Morgan fingerprint density at radius 3 is 2.34 bits per heavy atom. The highest BCUT2D eigenvalue weighted by atomic mass is 28.2. The predicted octanol–water partition coefficient (Wildman–Crippen LogP) is 5.25. The molecule has 0 atom stereocenters. The number of aldehydes is 1. The van der Waals surface area contributed by atoms with Crippen LogP contribution in [0.25, 0.3) is 22.3 Å². The number of fused-ring (bicyclic) bond motifs is 1. The zero-order valence-electron chi connectivity index (χ0n) is 17.9. The molecule has 5 nitrogen and oxygen atoms in total. The zero-order chi connectivity index (χ0) is 21.2. The molecule has 6 heteroatoms. The Morgan fingerprint density at radius 2 is 1.72 bits per heavy atom. The molecule has 0 aliphatic rings. The minimum Gasteiger partial charge on any atom is -0.546 e. The van der Waals surface area contributed by atoms with E-state index in [-0.39, 0.29) is 5.04 Å². The van der Waals surface area contributed by atoms with Crippen molar-refractivity contribution in [2.45, 2.75) is 32.7 Å². The molecule has 0 fully saturated rings. The summed E-state index contributed by atoms with van der Waals surface area (Å²) < 4.78 is 23.2. The van der Waals surface area contributed by atoms with Gasteiger partial charge in [0.2, 0.25) is 9.76 Å². The Kier molecular flexibility index (Phi) is 6.03. The van der Waals surface area contributed by atoms with Crippen molar-refractivity contribution < 1.29 is 23.1 Å². The van der Waals surface area contributed by atoms with Crippen molar-refractivity contribution in [3.63, 3.8) is 0 Å². The van der Waals surface area contributed by atoms with Crippen LogP contribution in [0.2, 0.25) is 5.04 Å². The molecule has 1 aromatic heterocycles. The summed E-state index contributed by atoms with van der Waals surface area (Å²) in [6.45, 7) is 8.94. The largest absolute Gasteiger partial charge is 0.546 e. The molecule has 29 heavy (non-hydrogen) atoms. The number of hydrogen-bond donors (Lipinski definition) is 0. The third kappa shape index (κ3) is 4.32. The molecular weight excluding hydrogens is 384 g/mol. The van der Waals surface area contributed by atoms with E-state index in [1.807, 2.05) is 24.3 Å². The second-order valence-corrected chi connectivity index (χ2v) is 10.6. The van der Waals surface area contributed by atoms with Crippen molar-refractivity contribution in [3.8, 4) is 28.6 Å². The minimum absolute atomic E-state index is 0.166. The first kappa shape index (κ1) is 21.0. The SMILES string of the molecule is COc1ccc(-c2cc3cc(C=O)cc(OC)c3o2)cc1O[SiH2]C(C)(C)C(C)C. The van der Waals surface area contributed by atoms with Gasteiger partial charge in [0.25, 0.3) is 0 Å². The molecule has 0 bridgehead atoms. The first-order valence-electron chi connectivity index (χ1n) is 9.67. The van der Waals surface area contributed by atoms with Crippen LogP contribution in [0.15, 0.2) is 40.8 Å². The molecule has 2 aromatic carbocycles. The zero-order valence-corrected chi connectivity index (χ0v) is 19.3. The van der Waals surface area contributed by atoms with E-state index < -0.39 is 9.76 Å². The number of methoxy groups -OCH3 is 2. The number of carbonyl (C=O) groups is 1. The van der Waals surface area contributed by atoms with Gasteiger partial charge in [-0.05, 0) is 47.4 Å². The van der Waals surface area contributed by atoms with Gasteiger partial charge in [0.1, 0.15) is 17.8 Å². The van der Waals surface area contributed by atoms with Gasteiger partial charge in [-0.2, -0.15) is 0 Å². The van der Waals surface area contributed by atoms with Crippen LogP contribution in [0, 0.1) is 5.92 Å². The molecular formula is C23H28O5Si. The van der Waals surface area contributed by atoms with Crippen molar-refractivity contribution in [1.29, 1.82) is 0 Å². The fourth-order valence-corrected chi connectivity index (χ4v) is 3.96. The Balaban J connectivity index is 2.00. The summed E-state index contributed by atoms with van der Waals surface area (Å²) in [4.78, 5) is 11.2. The number of rotatable bonds is 8. The Labute approximate surface area is 173 Å². The highest BCUT2D eigenvalue weighted by Gasteiger charge is 2.25. The molecule has 0 N–H and O–H groups in total. The molecule has 3 aromatic rings. The lowest BCUT2D eigenvalue weighted by Crippen LogP contribution is -2.24. The van der Waals surface area contributed by atoms with Crippen LogP contribution in [-0.2, 0) is 0 Å². The lowest BCUT2D eigenvalue weighted by Gasteiger charge is -2.28. The van der Waals surface area contributed by atoms with Crippen LogP contribution in [0.1, 0.15) is 38.1 Å². The van der Waals surface area contributed by atoms with Crippen LogP contribution in [0.4, 0.5) is 0 Å². The molecule has 0 saturated carbocycles. The molecule has 1 heterocycles. The van der Waals surface area contributed by atoms with Crippen LogP contribution in [-0.4, -0.2) is 30.3 Å². The maximum absolute atomic E-state index is 11.2. The highest BCUT2D eigenvalue weighted by Crippen LogP contribution is 2.39. The standard InChI is InChI=1S/C23H28O5Si/c1-14(2)23(3,4)29-28-20-11-16(7-8-18(20)25-5)19-12-17-9-15(13-24)10-21(26-6)22(17)27-19/h7-14H,29H2,1-6H3. The van der Waals surface area contributed by atoms with Gasteiger partial charge in [-0.25, -0.2) is 0 Å². The smallest absolute Gasteiger partial charge is 0.225 e. The van der Waals surface area contributed by atoms with E-state index in [4.69, 9.17) is 18.3 Å². The number of benzene rings is 2. The number of hydrogen-bond acceptors (Lipinski definition) is 5. The van der Waals surface area contributed by atoms with E-state index in [0.717, 1.165) is 23.0 Å². The van der Waals surface area contributed by atoms with Crippen LogP contribution in [0.5, 0.6) is 17.2 Å². The van der Waals surface area contributed by atoms with Crippen molar-refractivity contribution in [3.05, 3.63) is 42.0 Å². The molecule has 0 unspecified atom stereocenters. The van der Waals surface area contributed by atoms with Crippen molar-refractivity contribution >= 4 is 27.0 Å². The summed E-state index contributed by atoms with van der Waals surface area (Å²) in [5, 5.41) is 0.981. The van der Waals surface area contributed by atoms with Gasteiger partial charge < -0.3 is 18.3 Å². The summed E-state index contributed by atoms with van der Waals surface area (Å²) in [5.41, 5.74) is 2.03. The summed E-state index contributed by atoms with van der Waals surface area (Å²) in [6.07, 6.45) is 0.801. The second-order valence-electron chi connectivity index (χ2n) is 8.17. The topological polar surface area (TPSA) is 57.9 Å². The molecule has 0 aliphatic heterocycles. The van der Waals surface area contributed by atoms with Crippen molar-refractivity contribution in [2.24, 2.45) is 5.92 Å². The molecule has 3 rings (SSSR count). The molecule has 0 aliphatic carbocycles. The van der Waals surface area contributed by atoms with E-state index in [9.17, 15) is 4.79 Å². The minimum atomic E-state index is -0.845. The lowest BCUT2D eigenvalue weighted by atomic mass is 9.99. The molecule has 154 valence electrons. The summed E-state index contributed by atoms with van der Waals surface area (Å²) in [5.74, 6) is 3.19. The van der Waals surface area contributed by atoms with Crippen LogP contribution in [0.3, 0.4) is 0 Å². The fraction of sp³-hybridized carbons (Fsp3) is 0.348. The van der Waals surface area contributed by atoms with Crippen molar-refractivity contribution in [1.82, 2.24) is 0 Å². The van der Waals surface area contributed by atoms with Gasteiger partial charge in [0.05, 0.1) is 14.2 Å². The first-order chi connectivity index (χ1) is 13.8. The van der Waals surface area contributed by atoms with Gasteiger partial charge in [-0.3, -0.25) is 4.79 Å². The Morgan fingerprint density at radius 1 is 1.00 bits per heavy atom. The normalized spacial score (nSPS) is 12.1. The van der Waals surface area contributed by atoms with Crippen LogP contribution >= 0.6 is 0 Å². The first-order valence-corrected chi connectivity index (χ1v) is 11.0. The van der Waals surface area contributed by atoms with Crippen LogP contribution < -0.4 is 13.9 Å². The maximum Gasteiger partial charge on any atom is 0.225 e. The Hall–Kier alpha value is -2.73. The summed E-state index contributed by atoms with van der Waals surface area (Å²) >= 11 is 0. The molecule has 0 spiro atoms. The van der Waals surface area contributed by atoms with E-state index >= 15 is 0 Å². The summed E-state index contributed by atoms with van der Waals surface area (Å²) in [7, 11) is 2.36. The average molecular weight is 413 g/mol. The average Bonchev–Trinajstić information content (AvgIpc) is 3.15. The maximum atomic E-state index is 11.2. The third-order valence-corrected chi connectivity index (χ3v) is 7.59. The molecule has 0 radical (unpaired) electrons. The predicted molar refractivity (Wildman–Crippen MR) is 118 cm³/mol. The quantitative estimate of drug-likeness (QED) is 0.374. The van der Waals surface area contributed by atoms with Gasteiger partial charge >= 0.3 is 0 Å². The lowest BCUT2D eigenvalue weighted by molar-refractivity contribution is 0.112. The van der Waals surface area contributed by atoms with E-state index in [2.05, 4.69) is 27.7 Å². The fourth-order valence-electron chi connectivity index (χ4n) is 2.88. The van der Waals surface area contributed by atoms with E-state index in [1.165, 1.54) is 0 Å².